The number of nitrogens with one attached hydrogen (secondary N) is 2. The molecule has 0 bridgehead atoms. The van der Waals surface area contributed by atoms with E-state index in [1.165, 1.54) is 0 Å². The minimum atomic E-state index is -1.18. The van der Waals surface area contributed by atoms with E-state index in [4.69, 9.17) is 9.47 Å². The van der Waals surface area contributed by atoms with Crippen molar-refractivity contribution in [1.82, 2.24) is 15.5 Å². The van der Waals surface area contributed by atoms with Crippen LogP contribution in [0.3, 0.4) is 0 Å². The third kappa shape index (κ3) is 7.71. The van der Waals surface area contributed by atoms with E-state index >= 15 is 0 Å². The molecule has 0 saturated carbocycles. The molecule has 1 aliphatic carbocycles. The van der Waals surface area contributed by atoms with Gasteiger partial charge in [-0.05, 0) is 55.3 Å². The Bertz CT molecular complexity index is 1300. The summed E-state index contributed by atoms with van der Waals surface area (Å²) in [5.41, 5.74) is 5.25. The lowest BCUT2D eigenvalue weighted by Gasteiger charge is -2.26. The summed E-state index contributed by atoms with van der Waals surface area (Å²) in [6.07, 6.45) is -1.37. The fraction of sp³-hybridized carbons (Fsp3) is 0.344. The lowest BCUT2D eigenvalue weighted by atomic mass is 9.98. The van der Waals surface area contributed by atoms with Crippen LogP contribution in [0.25, 0.3) is 11.1 Å². The van der Waals surface area contributed by atoms with E-state index in [0.29, 0.717) is 6.54 Å². The molecule has 0 aliphatic heterocycles. The summed E-state index contributed by atoms with van der Waals surface area (Å²) in [6, 6.07) is 23.1. The SMILES string of the molecule is C[C@H](OCc1ccccc1)[C@@H](NC(=O)OCC1c2ccccc2-c2ccccc21)C(=O)NC(CCN(C)C)C(=O)O. The minimum Gasteiger partial charge on any atom is -0.480 e. The van der Waals surface area contributed by atoms with Crippen LogP contribution in [-0.4, -0.2) is 73.4 Å². The normalized spacial score (nSPS) is 14.4. The van der Waals surface area contributed by atoms with Crippen molar-refractivity contribution in [2.45, 2.75) is 44.1 Å². The minimum absolute atomic E-state index is 0.0774. The highest BCUT2D eigenvalue weighted by Gasteiger charge is 2.33. The second-order valence-corrected chi connectivity index (χ2v) is 10.4. The number of alkyl carbamates (subject to hydrolysis) is 1. The maximum atomic E-state index is 13.3. The van der Waals surface area contributed by atoms with E-state index in [9.17, 15) is 19.5 Å². The van der Waals surface area contributed by atoms with Crippen molar-refractivity contribution in [3.05, 3.63) is 95.6 Å². The summed E-state index contributed by atoms with van der Waals surface area (Å²) < 4.78 is 11.6. The Morgan fingerprint density at radius 2 is 1.46 bits per heavy atom. The highest BCUT2D eigenvalue weighted by molar-refractivity contribution is 5.89. The maximum absolute atomic E-state index is 13.3. The van der Waals surface area contributed by atoms with Crippen molar-refractivity contribution in [3.8, 4) is 11.1 Å². The molecule has 0 radical (unpaired) electrons. The van der Waals surface area contributed by atoms with Gasteiger partial charge in [-0.25, -0.2) is 9.59 Å². The zero-order valence-electron chi connectivity index (χ0n) is 23.6. The Morgan fingerprint density at radius 1 is 0.878 bits per heavy atom. The number of carbonyl (C=O) groups is 3. The Labute approximate surface area is 240 Å². The van der Waals surface area contributed by atoms with Gasteiger partial charge in [0.15, 0.2) is 0 Å². The Morgan fingerprint density at radius 3 is 2.05 bits per heavy atom. The smallest absolute Gasteiger partial charge is 0.407 e. The lowest BCUT2D eigenvalue weighted by molar-refractivity contribution is -0.143. The van der Waals surface area contributed by atoms with Gasteiger partial charge >= 0.3 is 12.1 Å². The van der Waals surface area contributed by atoms with Crippen LogP contribution in [0, 0.1) is 0 Å². The van der Waals surface area contributed by atoms with Crippen LogP contribution in [0.15, 0.2) is 78.9 Å². The zero-order valence-corrected chi connectivity index (χ0v) is 23.6. The molecule has 4 rings (SSSR count). The first-order valence-corrected chi connectivity index (χ1v) is 13.7. The molecule has 41 heavy (non-hydrogen) atoms. The first kappa shape index (κ1) is 29.8. The van der Waals surface area contributed by atoms with Crippen molar-refractivity contribution in [2.24, 2.45) is 0 Å². The van der Waals surface area contributed by atoms with Crippen molar-refractivity contribution in [1.29, 1.82) is 0 Å². The summed E-state index contributed by atoms with van der Waals surface area (Å²) >= 11 is 0. The monoisotopic (exact) mass is 559 g/mol. The van der Waals surface area contributed by atoms with E-state index in [2.05, 4.69) is 22.8 Å². The number of carbonyl (C=O) groups excluding carboxylic acids is 2. The van der Waals surface area contributed by atoms with Crippen LogP contribution in [0.1, 0.15) is 36.0 Å². The molecule has 9 nitrogen and oxygen atoms in total. The number of benzene rings is 3. The molecule has 9 heteroatoms. The fourth-order valence-electron chi connectivity index (χ4n) is 4.97. The van der Waals surface area contributed by atoms with Gasteiger partial charge in [0.25, 0.3) is 0 Å². The average Bonchev–Trinajstić information content (AvgIpc) is 3.29. The van der Waals surface area contributed by atoms with Gasteiger partial charge in [-0.1, -0.05) is 78.9 Å². The summed E-state index contributed by atoms with van der Waals surface area (Å²) in [6.45, 7) is 2.41. The van der Waals surface area contributed by atoms with Crippen LogP contribution in [-0.2, 0) is 25.7 Å². The van der Waals surface area contributed by atoms with Gasteiger partial charge in [0.2, 0.25) is 5.91 Å². The second-order valence-electron chi connectivity index (χ2n) is 10.4. The highest BCUT2D eigenvalue weighted by Crippen LogP contribution is 2.44. The molecule has 0 aromatic heterocycles. The molecule has 3 N–H and O–H groups in total. The summed E-state index contributed by atoms with van der Waals surface area (Å²) in [5.74, 6) is -1.96. The predicted molar refractivity (Wildman–Crippen MR) is 155 cm³/mol. The van der Waals surface area contributed by atoms with Gasteiger partial charge in [0, 0.05) is 12.5 Å². The third-order valence-corrected chi connectivity index (χ3v) is 7.20. The van der Waals surface area contributed by atoms with Gasteiger partial charge in [-0.15, -0.1) is 0 Å². The van der Waals surface area contributed by atoms with Crippen LogP contribution in [0.5, 0.6) is 0 Å². The number of rotatable bonds is 13. The van der Waals surface area contributed by atoms with E-state index < -0.39 is 36.2 Å². The van der Waals surface area contributed by atoms with Crippen molar-refractivity contribution in [2.75, 3.05) is 27.2 Å². The van der Waals surface area contributed by atoms with E-state index in [1.54, 1.807) is 6.92 Å². The third-order valence-electron chi connectivity index (χ3n) is 7.20. The quantitative estimate of drug-likeness (QED) is 0.290. The van der Waals surface area contributed by atoms with Gasteiger partial charge in [-0.3, -0.25) is 4.79 Å². The molecule has 3 atom stereocenters. The fourth-order valence-corrected chi connectivity index (χ4v) is 4.97. The predicted octanol–water partition coefficient (Wildman–Crippen LogP) is 4.02. The highest BCUT2D eigenvalue weighted by atomic mass is 16.5. The summed E-state index contributed by atoms with van der Waals surface area (Å²) in [4.78, 5) is 40.1. The first-order chi connectivity index (χ1) is 19.7. The number of hydrogen-bond donors (Lipinski definition) is 3. The Kier molecular flexibility index (Phi) is 10.1. The van der Waals surface area contributed by atoms with E-state index in [1.807, 2.05) is 85.7 Å². The number of carboxylic acid groups (broad SMARTS) is 1. The van der Waals surface area contributed by atoms with E-state index in [0.717, 1.165) is 27.8 Å². The van der Waals surface area contributed by atoms with Crippen LogP contribution >= 0.6 is 0 Å². The molecule has 0 spiro atoms. The molecule has 0 fully saturated rings. The molecule has 0 saturated heterocycles. The summed E-state index contributed by atoms with van der Waals surface area (Å²) in [5, 5.41) is 14.9. The van der Waals surface area contributed by atoms with Crippen molar-refractivity contribution < 1.29 is 29.0 Å². The molecular weight excluding hydrogens is 522 g/mol. The lowest BCUT2D eigenvalue weighted by Crippen LogP contribution is -2.56. The van der Waals surface area contributed by atoms with Gasteiger partial charge < -0.3 is 30.1 Å². The van der Waals surface area contributed by atoms with Crippen LogP contribution in [0.2, 0.25) is 0 Å². The molecule has 216 valence electrons. The first-order valence-electron chi connectivity index (χ1n) is 13.7. The Hall–Kier alpha value is -4.21. The van der Waals surface area contributed by atoms with Crippen molar-refractivity contribution >= 4 is 18.0 Å². The van der Waals surface area contributed by atoms with Gasteiger partial charge in [0.05, 0.1) is 12.7 Å². The molecule has 3 aromatic rings. The van der Waals surface area contributed by atoms with Crippen LogP contribution in [0.4, 0.5) is 4.79 Å². The number of aliphatic carboxylic acids is 1. The molecule has 1 aliphatic rings. The molecule has 1 unspecified atom stereocenters. The largest absolute Gasteiger partial charge is 0.480 e. The average molecular weight is 560 g/mol. The number of fused-ring (bicyclic) bond motifs is 3. The van der Waals surface area contributed by atoms with Crippen LogP contribution < -0.4 is 10.6 Å². The summed E-state index contributed by atoms with van der Waals surface area (Å²) in [7, 11) is 3.64. The topological polar surface area (TPSA) is 117 Å². The number of amides is 2. The molecule has 0 heterocycles. The standard InChI is InChI=1S/C32H37N3O6/c1-21(40-19-22-11-5-4-6-12-22)29(30(36)33-28(31(37)38)17-18-35(2)3)34-32(39)41-20-27-25-15-9-7-13-23(25)24-14-8-10-16-26(24)27/h4-16,21,27-29H,17-20H2,1-3H3,(H,33,36)(H,34,39)(H,37,38)/t21-,28?,29+/m0/s1. The molecule has 2 amide bonds. The van der Waals surface area contributed by atoms with Gasteiger partial charge in [-0.2, -0.15) is 0 Å². The van der Waals surface area contributed by atoms with E-state index in [-0.39, 0.29) is 25.6 Å². The zero-order chi connectivity index (χ0) is 29.4. The molecular formula is C32H37N3O6. The van der Waals surface area contributed by atoms with Gasteiger partial charge in [0.1, 0.15) is 18.7 Å². The number of nitrogens with zero attached hydrogens (tertiary/aromatic N) is 1. The van der Waals surface area contributed by atoms with Crippen molar-refractivity contribution in [3.63, 3.8) is 0 Å². The Balaban J connectivity index is 1.45. The number of ether oxygens (including phenoxy) is 2. The number of hydrogen-bond acceptors (Lipinski definition) is 6. The number of carboxylic acids is 1. The second kappa shape index (κ2) is 13.9. The molecule has 3 aromatic carbocycles. The maximum Gasteiger partial charge on any atom is 0.407 e.